The highest BCUT2D eigenvalue weighted by Gasteiger charge is 2.09. The Balaban J connectivity index is 2.31. The number of hydrogen-bond donors (Lipinski definition) is 0. The summed E-state index contributed by atoms with van der Waals surface area (Å²) in [5.74, 6) is 0.0273. The number of nitrogens with zero attached hydrogens (tertiary/aromatic N) is 3. The van der Waals surface area contributed by atoms with Crippen LogP contribution in [0.2, 0.25) is 0 Å². The lowest BCUT2D eigenvalue weighted by atomic mass is 10.2. The molecule has 0 atom stereocenters. The Labute approximate surface area is 97.7 Å². The second kappa shape index (κ2) is 4.49. The molecule has 0 radical (unpaired) electrons. The van der Waals surface area contributed by atoms with Gasteiger partial charge in [-0.15, -0.1) is 0 Å². The molecule has 0 saturated heterocycles. The first kappa shape index (κ1) is 10.9. The highest BCUT2D eigenvalue weighted by molar-refractivity contribution is 7.99. The van der Waals surface area contributed by atoms with Crippen LogP contribution >= 0.6 is 11.8 Å². The molecule has 0 fully saturated rings. The van der Waals surface area contributed by atoms with Gasteiger partial charge in [-0.1, -0.05) is 11.8 Å². The van der Waals surface area contributed by atoms with Crippen LogP contribution in [0.5, 0.6) is 0 Å². The number of aryl methyl sites for hydroxylation is 1. The minimum absolute atomic E-state index is 0.0273. The van der Waals surface area contributed by atoms with E-state index in [-0.39, 0.29) is 5.78 Å². The van der Waals surface area contributed by atoms with E-state index < -0.39 is 0 Å². The number of hydrogen-bond acceptors (Lipinski definition) is 4. The van der Waals surface area contributed by atoms with Gasteiger partial charge >= 0.3 is 0 Å². The normalized spacial score (nSPS) is 10.4. The Morgan fingerprint density at radius 1 is 1.50 bits per heavy atom. The van der Waals surface area contributed by atoms with Crippen LogP contribution in [0.15, 0.2) is 40.6 Å². The molecule has 0 spiro atoms. The van der Waals surface area contributed by atoms with Gasteiger partial charge in [-0.25, -0.2) is 4.98 Å². The van der Waals surface area contributed by atoms with Gasteiger partial charge in [0.15, 0.2) is 5.78 Å². The molecular formula is C11H11N3OS. The van der Waals surface area contributed by atoms with Crippen molar-refractivity contribution in [2.45, 2.75) is 16.8 Å². The van der Waals surface area contributed by atoms with E-state index in [0.29, 0.717) is 5.56 Å². The molecule has 2 heterocycles. The molecule has 0 aliphatic rings. The van der Waals surface area contributed by atoms with Crippen LogP contribution in [-0.2, 0) is 7.05 Å². The van der Waals surface area contributed by atoms with Gasteiger partial charge < -0.3 is 0 Å². The summed E-state index contributed by atoms with van der Waals surface area (Å²) in [6.45, 7) is 1.55. The molecule has 5 heteroatoms. The average molecular weight is 233 g/mol. The number of pyridine rings is 1. The lowest BCUT2D eigenvalue weighted by molar-refractivity contribution is 0.101. The first-order valence-corrected chi connectivity index (χ1v) is 5.61. The molecule has 0 bridgehead atoms. The standard InChI is InChI=1S/C11H11N3OS/c1-8(15)10-4-3-5-12-11(10)16-9-6-13-14(2)7-9/h3-7H,1-2H3. The molecule has 2 rings (SSSR count). The second-order valence-electron chi connectivity index (χ2n) is 3.36. The first-order valence-electron chi connectivity index (χ1n) is 4.79. The molecular weight excluding hydrogens is 222 g/mol. The van der Waals surface area contributed by atoms with Gasteiger partial charge in [-0.3, -0.25) is 9.48 Å². The number of aromatic nitrogens is 3. The SMILES string of the molecule is CC(=O)c1cccnc1Sc1cnn(C)c1. The monoisotopic (exact) mass is 233 g/mol. The molecule has 2 aromatic heterocycles. The van der Waals surface area contributed by atoms with Crippen LogP contribution in [0.4, 0.5) is 0 Å². The van der Waals surface area contributed by atoms with E-state index in [2.05, 4.69) is 10.1 Å². The van der Waals surface area contributed by atoms with Gasteiger partial charge in [-0.2, -0.15) is 5.10 Å². The Morgan fingerprint density at radius 2 is 2.31 bits per heavy atom. The molecule has 0 aliphatic carbocycles. The summed E-state index contributed by atoms with van der Waals surface area (Å²) in [5.41, 5.74) is 0.649. The Hall–Kier alpha value is -1.62. The zero-order valence-corrected chi connectivity index (χ0v) is 9.86. The van der Waals surface area contributed by atoms with Crippen LogP contribution < -0.4 is 0 Å². The Kier molecular flexibility index (Phi) is 3.05. The number of Topliss-reactive ketones (excluding diaryl/α,β-unsaturated/α-hetero) is 1. The molecule has 0 amide bonds. The zero-order chi connectivity index (χ0) is 11.5. The second-order valence-corrected chi connectivity index (χ2v) is 4.43. The van der Waals surface area contributed by atoms with Crippen molar-refractivity contribution in [3.8, 4) is 0 Å². The molecule has 4 nitrogen and oxygen atoms in total. The van der Waals surface area contributed by atoms with Gasteiger partial charge in [0.2, 0.25) is 0 Å². The molecule has 0 N–H and O–H groups in total. The van der Waals surface area contributed by atoms with Crippen molar-refractivity contribution in [1.82, 2.24) is 14.8 Å². The number of ketones is 1. The Morgan fingerprint density at radius 3 is 2.94 bits per heavy atom. The highest BCUT2D eigenvalue weighted by Crippen LogP contribution is 2.28. The molecule has 0 aliphatic heterocycles. The first-order chi connectivity index (χ1) is 7.66. The van der Waals surface area contributed by atoms with E-state index in [9.17, 15) is 4.79 Å². The maximum absolute atomic E-state index is 11.4. The van der Waals surface area contributed by atoms with E-state index in [1.807, 2.05) is 13.2 Å². The van der Waals surface area contributed by atoms with Crippen LogP contribution in [-0.4, -0.2) is 20.5 Å². The van der Waals surface area contributed by atoms with Gasteiger partial charge in [-0.05, 0) is 19.1 Å². The fraction of sp³-hybridized carbons (Fsp3) is 0.182. The number of rotatable bonds is 3. The zero-order valence-electron chi connectivity index (χ0n) is 9.04. The lowest BCUT2D eigenvalue weighted by Gasteiger charge is -2.02. The summed E-state index contributed by atoms with van der Waals surface area (Å²) in [7, 11) is 1.86. The summed E-state index contributed by atoms with van der Waals surface area (Å²) in [6, 6.07) is 3.55. The predicted molar refractivity (Wildman–Crippen MR) is 61.6 cm³/mol. The van der Waals surface area contributed by atoms with Gasteiger partial charge in [0.25, 0.3) is 0 Å². The third-order valence-corrected chi connectivity index (χ3v) is 3.01. The van der Waals surface area contributed by atoms with Crippen molar-refractivity contribution in [2.24, 2.45) is 7.05 Å². The van der Waals surface area contributed by atoms with Crippen molar-refractivity contribution in [2.75, 3.05) is 0 Å². The van der Waals surface area contributed by atoms with Crippen LogP contribution in [0, 0.1) is 0 Å². The van der Waals surface area contributed by atoms with E-state index in [0.717, 1.165) is 9.92 Å². The summed E-state index contributed by atoms with van der Waals surface area (Å²) < 4.78 is 1.72. The van der Waals surface area contributed by atoms with Crippen LogP contribution in [0.3, 0.4) is 0 Å². The van der Waals surface area contributed by atoms with Crippen LogP contribution in [0.25, 0.3) is 0 Å². The molecule has 0 aromatic carbocycles. The summed E-state index contributed by atoms with van der Waals surface area (Å²) >= 11 is 1.45. The largest absolute Gasteiger partial charge is 0.294 e. The van der Waals surface area contributed by atoms with Crippen molar-refractivity contribution >= 4 is 17.5 Å². The highest BCUT2D eigenvalue weighted by atomic mass is 32.2. The third-order valence-electron chi connectivity index (χ3n) is 2.05. The fourth-order valence-corrected chi connectivity index (χ4v) is 2.27. The topological polar surface area (TPSA) is 47.8 Å². The predicted octanol–water partition coefficient (Wildman–Crippen LogP) is 2.17. The van der Waals surface area contributed by atoms with E-state index in [1.54, 1.807) is 36.1 Å². The summed E-state index contributed by atoms with van der Waals surface area (Å²) in [4.78, 5) is 16.6. The van der Waals surface area contributed by atoms with Gasteiger partial charge in [0, 0.05) is 25.0 Å². The van der Waals surface area contributed by atoms with E-state index in [4.69, 9.17) is 0 Å². The average Bonchev–Trinajstić information content (AvgIpc) is 2.64. The minimum atomic E-state index is 0.0273. The molecule has 82 valence electrons. The maximum Gasteiger partial charge on any atom is 0.162 e. The van der Waals surface area contributed by atoms with Crippen molar-refractivity contribution in [3.63, 3.8) is 0 Å². The van der Waals surface area contributed by atoms with E-state index >= 15 is 0 Å². The smallest absolute Gasteiger partial charge is 0.162 e. The molecule has 16 heavy (non-hydrogen) atoms. The Bertz CT molecular complexity index is 521. The van der Waals surface area contributed by atoms with E-state index in [1.165, 1.54) is 11.8 Å². The van der Waals surface area contributed by atoms with Crippen molar-refractivity contribution in [1.29, 1.82) is 0 Å². The third kappa shape index (κ3) is 2.30. The molecule has 2 aromatic rings. The number of carbonyl (C=O) groups excluding carboxylic acids is 1. The molecule has 0 unspecified atom stereocenters. The quantitative estimate of drug-likeness (QED) is 0.762. The summed E-state index contributed by atoms with van der Waals surface area (Å²) in [5, 5.41) is 4.80. The molecule has 0 saturated carbocycles. The van der Waals surface area contributed by atoms with Gasteiger partial charge in [0.05, 0.1) is 11.1 Å². The minimum Gasteiger partial charge on any atom is -0.294 e. The van der Waals surface area contributed by atoms with Crippen LogP contribution in [0.1, 0.15) is 17.3 Å². The van der Waals surface area contributed by atoms with Crippen molar-refractivity contribution in [3.05, 3.63) is 36.3 Å². The maximum atomic E-state index is 11.4. The van der Waals surface area contributed by atoms with Crippen molar-refractivity contribution < 1.29 is 4.79 Å². The lowest BCUT2D eigenvalue weighted by Crippen LogP contribution is -1.96. The van der Waals surface area contributed by atoms with Gasteiger partial charge in [0.1, 0.15) is 5.03 Å². The number of carbonyl (C=O) groups is 1. The summed E-state index contributed by atoms with van der Waals surface area (Å²) in [6.07, 6.45) is 5.33. The fourth-order valence-electron chi connectivity index (χ4n) is 1.30.